The van der Waals surface area contributed by atoms with E-state index in [1.807, 2.05) is 0 Å². The zero-order valence-electron chi connectivity index (χ0n) is 14.2. The van der Waals surface area contributed by atoms with Crippen LogP contribution < -0.4 is 10.6 Å². The molecule has 1 aliphatic heterocycles. The predicted molar refractivity (Wildman–Crippen MR) is 86.8 cm³/mol. The molecular formula is C17H28N4O2. The molecule has 6 nitrogen and oxygen atoms in total. The summed E-state index contributed by atoms with van der Waals surface area (Å²) in [5.74, 6) is 2.81. The molecule has 0 radical (unpaired) electrons. The summed E-state index contributed by atoms with van der Waals surface area (Å²) in [7, 11) is 0. The van der Waals surface area contributed by atoms with Gasteiger partial charge in [-0.1, -0.05) is 19.0 Å². The first-order chi connectivity index (χ1) is 11.1. The summed E-state index contributed by atoms with van der Waals surface area (Å²) in [5.41, 5.74) is 0. The molecule has 6 heteroatoms. The number of hydrogen-bond donors (Lipinski definition) is 2. The number of carbonyl (C=O) groups excluding carboxylic acids is 1. The van der Waals surface area contributed by atoms with Crippen LogP contribution in [0.2, 0.25) is 0 Å². The van der Waals surface area contributed by atoms with Gasteiger partial charge in [-0.2, -0.15) is 4.98 Å². The number of carbonyl (C=O) groups is 1. The second kappa shape index (κ2) is 7.43. The highest BCUT2D eigenvalue weighted by Gasteiger charge is 2.31. The molecule has 1 unspecified atom stereocenters. The number of rotatable bonds is 7. The highest BCUT2D eigenvalue weighted by atomic mass is 16.5. The van der Waals surface area contributed by atoms with Gasteiger partial charge in [0.05, 0.1) is 0 Å². The fourth-order valence-corrected chi connectivity index (χ4v) is 3.15. The molecule has 0 spiro atoms. The van der Waals surface area contributed by atoms with Crippen molar-refractivity contribution in [1.82, 2.24) is 20.8 Å². The fraction of sp³-hybridized carbons (Fsp3) is 0.824. The van der Waals surface area contributed by atoms with Crippen molar-refractivity contribution in [2.75, 3.05) is 13.1 Å². The molecule has 1 aromatic heterocycles. The smallest absolute Gasteiger partial charge is 0.249 e. The Morgan fingerprint density at radius 3 is 2.70 bits per heavy atom. The zero-order chi connectivity index (χ0) is 16.2. The Kier molecular flexibility index (Phi) is 5.30. The topological polar surface area (TPSA) is 80.0 Å². The average Bonchev–Trinajstić information content (AvgIpc) is 3.29. The third kappa shape index (κ3) is 4.53. The Labute approximate surface area is 137 Å². The lowest BCUT2D eigenvalue weighted by Gasteiger charge is -2.23. The van der Waals surface area contributed by atoms with Crippen LogP contribution in [0.1, 0.15) is 76.0 Å². The molecule has 2 fully saturated rings. The summed E-state index contributed by atoms with van der Waals surface area (Å²) >= 11 is 0. The van der Waals surface area contributed by atoms with Crippen molar-refractivity contribution in [3.05, 3.63) is 11.7 Å². The number of amides is 1. The normalized spacial score (nSPS) is 20.7. The molecule has 0 bridgehead atoms. The molecule has 0 aromatic carbocycles. The van der Waals surface area contributed by atoms with Gasteiger partial charge in [0.2, 0.25) is 11.8 Å². The molecule has 128 valence electrons. The number of nitrogens with one attached hydrogen (secondary N) is 2. The van der Waals surface area contributed by atoms with Crippen molar-refractivity contribution in [2.45, 2.75) is 64.3 Å². The van der Waals surface area contributed by atoms with Crippen molar-refractivity contribution in [1.29, 1.82) is 0 Å². The van der Waals surface area contributed by atoms with Gasteiger partial charge in [0.1, 0.15) is 6.04 Å². The monoisotopic (exact) mass is 320 g/mol. The summed E-state index contributed by atoms with van der Waals surface area (Å²) < 4.78 is 5.40. The van der Waals surface area contributed by atoms with Crippen molar-refractivity contribution < 1.29 is 9.32 Å². The van der Waals surface area contributed by atoms with Crippen LogP contribution in [0.25, 0.3) is 0 Å². The largest absolute Gasteiger partial charge is 0.344 e. The lowest BCUT2D eigenvalue weighted by Crippen LogP contribution is -2.33. The SMILES string of the molecule is CC(C)C(NC(=O)CCC1CCNCC1)c1nc(C2CC2)no1. The molecule has 2 N–H and O–H groups in total. The summed E-state index contributed by atoms with van der Waals surface area (Å²) in [5, 5.41) is 10.5. The average molecular weight is 320 g/mol. The molecule has 3 rings (SSSR count). The first-order valence-corrected chi connectivity index (χ1v) is 8.97. The standard InChI is InChI=1S/C17H28N4O2/c1-11(2)15(17-20-16(21-23-17)13-4-5-13)19-14(22)6-3-12-7-9-18-10-8-12/h11-13,15,18H,3-10H2,1-2H3,(H,19,22). The second-order valence-corrected chi connectivity index (χ2v) is 7.29. The fourth-order valence-electron chi connectivity index (χ4n) is 3.15. The van der Waals surface area contributed by atoms with E-state index in [1.165, 1.54) is 12.8 Å². The number of piperidine rings is 1. The summed E-state index contributed by atoms with van der Waals surface area (Å²) in [6, 6.07) is -0.185. The van der Waals surface area contributed by atoms with Crippen LogP contribution in [-0.2, 0) is 4.79 Å². The van der Waals surface area contributed by atoms with Crippen LogP contribution in [-0.4, -0.2) is 29.1 Å². The second-order valence-electron chi connectivity index (χ2n) is 7.29. The highest BCUT2D eigenvalue weighted by Crippen LogP contribution is 2.38. The van der Waals surface area contributed by atoms with Gasteiger partial charge in [-0.05, 0) is 57.0 Å². The molecule has 1 atom stereocenters. The van der Waals surface area contributed by atoms with Gasteiger partial charge in [-0.25, -0.2) is 0 Å². The maximum absolute atomic E-state index is 12.3. The van der Waals surface area contributed by atoms with Gasteiger partial charge in [0.25, 0.3) is 0 Å². The maximum Gasteiger partial charge on any atom is 0.249 e. The molecule has 1 saturated carbocycles. The minimum atomic E-state index is -0.185. The first-order valence-electron chi connectivity index (χ1n) is 8.97. The number of aromatic nitrogens is 2. The van der Waals surface area contributed by atoms with Crippen LogP contribution in [0.4, 0.5) is 0 Å². The lowest BCUT2D eigenvalue weighted by molar-refractivity contribution is -0.122. The van der Waals surface area contributed by atoms with Gasteiger partial charge < -0.3 is 15.2 Å². The minimum absolute atomic E-state index is 0.0911. The van der Waals surface area contributed by atoms with Crippen LogP contribution in [0.15, 0.2) is 4.52 Å². The summed E-state index contributed by atoms with van der Waals surface area (Å²) in [4.78, 5) is 16.8. The summed E-state index contributed by atoms with van der Waals surface area (Å²) in [6.07, 6.45) is 6.19. The van der Waals surface area contributed by atoms with Crippen LogP contribution in [0, 0.1) is 11.8 Å². The highest BCUT2D eigenvalue weighted by molar-refractivity contribution is 5.76. The van der Waals surface area contributed by atoms with Crippen molar-refractivity contribution in [3.8, 4) is 0 Å². The molecule has 23 heavy (non-hydrogen) atoms. The Morgan fingerprint density at radius 2 is 2.04 bits per heavy atom. The van der Waals surface area contributed by atoms with Gasteiger partial charge in [0.15, 0.2) is 5.82 Å². The molecular weight excluding hydrogens is 292 g/mol. The predicted octanol–water partition coefficient (Wildman–Crippen LogP) is 2.54. The Hall–Kier alpha value is -1.43. The van der Waals surface area contributed by atoms with E-state index < -0.39 is 0 Å². The van der Waals surface area contributed by atoms with E-state index in [-0.39, 0.29) is 17.9 Å². The van der Waals surface area contributed by atoms with Gasteiger partial charge in [-0.3, -0.25) is 4.79 Å². The summed E-state index contributed by atoms with van der Waals surface area (Å²) in [6.45, 7) is 6.29. The van der Waals surface area contributed by atoms with E-state index >= 15 is 0 Å². The van der Waals surface area contributed by atoms with E-state index in [2.05, 4.69) is 34.6 Å². The van der Waals surface area contributed by atoms with Gasteiger partial charge in [0, 0.05) is 12.3 Å². The van der Waals surface area contributed by atoms with Gasteiger partial charge >= 0.3 is 0 Å². The van der Waals surface area contributed by atoms with Crippen molar-refractivity contribution in [2.24, 2.45) is 11.8 Å². The minimum Gasteiger partial charge on any atom is -0.344 e. The molecule has 1 amide bonds. The van der Waals surface area contributed by atoms with E-state index in [4.69, 9.17) is 4.52 Å². The van der Waals surface area contributed by atoms with E-state index in [0.29, 0.717) is 24.1 Å². The third-order valence-corrected chi connectivity index (χ3v) is 4.89. The number of hydrogen-bond acceptors (Lipinski definition) is 5. The van der Waals surface area contributed by atoms with Crippen LogP contribution in [0.3, 0.4) is 0 Å². The molecule has 1 aromatic rings. The molecule has 2 aliphatic rings. The first kappa shape index (κ1) is 16.4. The Bertz CT molecular complexity index is 518. The van der Waals surface area contributed by atoms with E-state index in [1.54, 1.807) is 0 Å². The van der Waals surface area contributed by atoms with Crippen molar-refractivity contribution >= 4 is 5.91 Å². The molecule has 1 saturated heterocycles. The maximum atomic E-state index is 12.3. The third-order valence-electron chi connectivity index (χ3n) is 4.89. The Morgan fingerprint density at radius 1 is 1.30 bits per heavy atom. The van der Waals surface area contributed by atoms with Crippen LogP contribution in [0.5, 0.6) is 0 Å². The Balaban J connectivity index is 1.52. The van der Waals surface area contributed by atoms with Crippen molar-refractivity contribution in [3.63, 3.8) is 0 Å². The number of nitrogens with zero attached hydrogens (tertiary/aromatic N) is 2. The lowest BCUT2D eigenvalue weighted by atomic mass is 9.93. The van der Waals surface area contributed by atoms with E-state index in [0.717, 1.165) is 38.2 Å². The molecule has 2 heterocycles. The molecule has 1 aliphatic carbocycles. The van der Waals surface area contributed by atoms with Gasteiger partial charge in [-0.15, -0.1) is 0 Å². The van der Waals surface area contributed by atoms with E-state index in [9.17, 15) is 4.79 Å². The van der Waals surface area contributed by atoms with Crippen LogP contribution >= 0.6 is 0 Å². The zero-order valence-corrected chi connectivity index (χ0v) is 14.2. The quantitative estimate of drug-likeness (QED) is 0.807.